The standard InChI is InChI=1S/C24H31FO9S/c1-22-6-3-13(26)9-16(22)17(25)10-14-15-4-7-24(30,23(15,2)11-18(27)21(14)22)19(28)12-34-20(29)5-8-35(31,32)33/h3,6,9,14-15,17-18,21,27,30H,4-5,7-8,10-12H2,1-2H3,(H,31,32,33)/t14-,15-,17-,18-,21+,22-,23-,24-/m0/s1. The molecular formula is C24H31FO9S. The number of hydrogen-bond acceptors (Lipinski definition) is 8. The summed E-state index contributed by atoms with van der Waals surface area (Å²) in [6.45, 7) is 2.73. The van der Waals surface area contributed by atoms with Crippen LogP contribution >= 0.6 is 0 Å². The zero-order valence-electron chi connectivity index (χ0n) is 19.6. The molecule has 0 amide bonds. The van der Waals surface area contributed by atoms with E-state index >= 15 is 4.39 Å². The SMILES string of the molecule is C[C@]12C=CC(=O)C=C1[C@@H](F)C[C@@H]1[C@@H]2[C@@H](O)C[C@@]2(C)[C@H]1CC[C@]2(O)C(=O)COC(=O)CCS(=O)(=O)O. The van der Waals surface area contributed by atoms with E-state index in [0.717, 1.165) is 0 Å². The normalized spacial score (nSPS) is 42.5. The third-order valence-corrected chi connectivity index (χ3v) is 9.74. The number of alkyl halides is 1. The summed E-state index contributed by atoms with van der Waals surface area (Å²) in [6.07, 6.45) is 1.96. The van der Waals surface area contributed by atoms with Gasteiger partial charge in [0.05, 0.1) is 18.3 Å². The number of esters is 1. The van der Waals surface area contributed by atoms with Crippen molar-refractivity contribution >= 4 is 27.7 Å². The van der Waals surface area contributed by atoms with E-state index in [0.29, 0.717) is 12.0 Å². The molecule has 11 heteroatoms. The predicted molar refractivity (Wildman–Crippen MR) is 120 cm³/mol. The number of aliphatic hydroxyl groups excluding tert-OH is 1. The average molecular weight is 515 g/mol. The van der Waals surface area contributed by atoms with E-state index in [2.05, 4.69) is 0 Å². The molecule has 8 atom stereocenters. The van der Waals surface area contributed by atoms with Gasteiger partial charge in [0.2, 0.25) is 5.78 Å². The highest BCUT2D eigenvalue weighted by molar-refractivity contribution is 7.85. The molecule has 0 bridgehead atoms. The summed E-state index contributed by atoms with van der Waals surface area (Å²) in [5.41, 5.74) is -3.52. The Labute approximate surface area is 203 Å². The van der Waals surface area contributed by atoms with Crippen molar-refractivity contribution in [2.75, 3.05) is 12.4 Å². The number of fused-ring (bicyclic) bond motifs is 5. The van der Waals surface area contributed by atoms with Gasteiger partial charge < -0.3 is 14.9 Å². The zero-order chi connectivity index (χ0) is 26.0. The van der Waals surface area contributed by atoms with Gasteiger partial charge in [-0.3, -0.25) is 18.9 Å². The molecule has 0 aliphatic heterocycles. The van der Waals surface area contributed by atoms with Gasteiger partial charge in [-0.05, 0) is 55.2 Å². The summed E-state index contributed by atoms with van der Waals surface area (Å²) in [6, 6.07) is 0. The van der Waals surface area contributed by atoms with Crippen LogP contribution < -0.4 is 0 Å². The van der Waals surface area contributed by atoms with Crippen molar-refractivity contribution in [1.29, 1.82) is 0 Å². The molecule has 4 rings (SSSR count). The molecule has 3 N–H and O–H groups in total. The van der Waals surface area contributed by atoms with E-state index in [1.54, 1.807) is 13.0 Å². The molecule has 0 aromatic heterocycles. The molecule has 4 aliphatic rings. The lowest BCUT2D eigenvalue weighted by Gasteiger charge is -2.60. The monoisotopic (exact) mass is 514 g/mol. The Morgan fingerprint density at radius 1 is 1.29 bits per heavy atom. The number of carbonyl (C=O) groups is 3. The van der Waals surface area contributed by atoms with Gasteiger partial charge in [-0.1, -0.05) is 19.9 Å². The Morgan fingerprint density at radius 3 is 2.63 bits per heavy atom. The highest BCUT2D eigenvalue weighted by Crippen LogP contribution is 2.67. The van der Waals surface area contributed by atoms with Gasteiger partial charge in [0, 0.05) is 16.7 Å². The molecule has 4 aliphatic carbocycles. The van der Waals surface area contributed by atoms with Crippen LogP contribution in [0.4, 0.5) is 4.39 Å². The number of hydrogen-bond donors (Lipinski definition) is 3. The van der Waals surface area contributed by atoms with Crippen molar-refractivity contribution in [3.05, 3.63) is 23.8 Å². The fraction of sp³-hybridized carbons (Fsp3) is 0.708. The van der Waals surface area contributed by atoms with Gasteiger partial charge in [-0.15, -0.1) is 0 Å². The number of ether oxygens (including phenoxy) is 1. The van der Waals surface area contributed by atoms with Crippen molar-refractivity contribution in [3.8, 4) is 0 Å². The molecule has 0 spiro atoms. The Balaban J connectivity index is 1.55. The largest absolute Gasteiger partial charge is 0.458 e. The van der Waals surface area contributed by atoms with Crippen LogP contribution in [0.15, 0.2) is 23.8 Å². The van der Waals surface area contributed by atoms with Crippen molar-refractivity contribution in [3.63, 3.8) is 0 Å². The van der Waals surface area contributed by atoms with Crippen LogP contribution in [0.5, 0.6) is 0 Å². The molecule has 0 saturated heterocycles. The minimum atomic E-state index is -4.37. The molecule has 194 valence electrons. The lowest BCUT2D eigenvalue weighted by molar-refractivity contribution is -0.183. The maximum Gasteiger partial charge on any atom is 0.307 e. The Kier molecular flexibility index (Phi) is 6.40. The van der Waals surface area contributed by atoms with Crippen LogP contribution in [0.25, 0.3) is 0 Å². The molecule has 35 heavy (non-hydrogen) atoms. The maximum atomic E-state index is 15.4. The van der Waals surface area contributed by atoms with Gasteiger partial charge in [-0.2, -0.15) is 8.42 Å². The van der Waals surface area contributed by atoms with E-state index in [1.165, 1.54) is 12.2 Å². The number of aliphatic hydroxyl groups is 2. The van der Waals surface area contributed by atoms with E-state index in [-0.39, 0.29) is 42.8 Å². The third kappa shape index (κ3) is 4.20. The van der Waals surface area contributed by atoms with E-state index in [9.17, 15) is 33.0 Å². The Hall–Kier alpha value is -1.95. The van der Waals surface area contributed by atoms with Gasteiger partial charge in [-0.25, -0.2) is 4.39 Å². The molecule has 0 aromatic rings. The summed E-state index contributed by atoms with van der Waals surface area (Å²) in [5.74, 6) is -3.95. The van der Waals surface area contributed by atoms with Gasteiger partial charge in [0.1, 0.15) is 11.8 Å². The van der Waals surface area contributed by atoms with Crippen molar-refractivity contribution in [2.45, 2.75) is 63.8 Å². The second-order valence-electron chi connectivity index (χ2n) is 10.8. The van der Waals surface area contributed by atoms with Crippen molar-refractivity contribution in [2.24, 2.45) is 28.6 Å². The molecular weight excluding hydrogens is 483 g/mol. The third-order valence-electron chi connectivity index (χ3n) is 9.02. The number of carbonyl (C=O) groups excluding carboxylic acids is 3. The zero-order valence-corrected chi connectivity index (χ0v) is 20.5. The van der Waals surface area contributed by atoms with E-state index in [4.69, 9.17) is 9.29 Å². The van der Waals surface area contributed by atoms with Crippen molar-refractivity contribution < 1.29 is 46.7 Å². The van der Waals surface area contributed by atoms with Gasteiger partial charge in [0.15, 0.2) is 12.4 Å². The summed E-state index contributed by atoms with van der Waals surface area (Å²) in [4.78, 5) is 36.8. The van der Waals surface area contributed by atoms with Crippen LogP contribution in [0, 0.1) is 28.6 Å². The number of ketones is 2. The Morgan fingerprint density at radius 2 is 1.97 bits per heavy atom. The minimum Gasteiger partial charge on any atom is -0.458 e. The summed E-state index contributed by atoms with van der Waals surface area (Å²) in [5, 5.41) is 22.8. The molecule has 9 nitrogen and oxygen atoms in total. The molecule has 3 fully saturated rings. The lowest BCUT2D eigenvalue weighted by atomic mass is 9.46. The summed E-state index contributed by atoms with van der Waals surface area (Å²) in [7, 11) is -4.37. The first-order valence-corrected chi connectivity index (χ1v) is 13.4. The van der Waals surface area contributed by atoms with Crippen LogP contribution in [-0.2, 0) is 29.2 Å². The summed E-state index contributed by atoms with van der Waals surface area (Å²) < 4.78 is 50.5. The fourth-order valence-corrected chi connectivity index (χ4v) is 7.77. The van der Waals surface area contributed by atoms with Crippen LogP contribution in [-0.4, -0.2) is 71.0 Å². The number of halogens is 1. The smallest absolute Gasteiger partial charge is 0.307 e. The number of rotatable bonds is 6. The quantitative estimate of drug-likeness (QED) is 0.352. The molecule has 3 saturated carbocycles. The van der Waals surface area contributed by atoms with E-state index < -0.39 is 69.4 Å². The lowest BCUT2D eigenvalue weighted by Crippen LogP contribution is -2.62. The molecule has 0 radical (unpaired) electrons. The first-order valence-electron chi connectivity index (χ1n) is 11.8. The highest BCUT2D eigenvalue weighted by Gasteiger charge is 2.69. The first kappa shape index (κ1) is 26.1. The van der Waals surface area contributed by atoms with Gasteiger partial charge >= 0.3 is 5.97 Å². The fourth-order valence-electron chi connectivity index (χ4n) is 7.35. The molecule has 0 unspecified atom stereocenters. The molecule has 0 aromatic carbocycles. The van der Waals surface area contributed by atoms with Crippen LogP contribution in [0.2, 0.25) is 0 Å². The highest BCUT2D eigenvalue weighted by atomic mass is 32.2. The van der Waals surface area contributed by atoms with Crippen LogP contribution in [0.3, 0.4) is 0 Å². The second-order valence-corrected chi connectivity index (χ2v) is 12.4. The first-order chi connectivity index (χ1) is 16.1. The topological polar surface area (TPSA) is 155 Å². The predicted octanol–water partition coefficient (Wildman–Crippen LogP) is 1.33. The van der Waals surface area contributed by atoms with E-state index in [1.807, 2.05) is 6.92 Å². The average Bonchev–Trinajstić information content (AvgIpc) is 3.02. The summed E-state index contributed by atoms with van der Waals surface area (Å²) >= 11 is 0. The van der Waals surface area contributed by atoms with Crippen LogP contribution in [0.1, 0.15) is 46.0 Å². The minimum absolute atomic E-state index is 0.0518. The number of allylic oxidation sites excluding steroid dienone is 4. The Bertz CT molecular complexity index is 1110. The van der Waals surface area contributed by atoms with Crippen molar-refractivity contribution in [1.82, 2.24) is 0 Å². The maximum absolute atomic E-state index is 15.4. The number of Topliss-reactive ketones (excluding diaryl/α,β-unsaturated/α-hetero) is 1. The van der Waals surface area contributed by atoms with Gasteiger partial charge in [0.25, 0.3) is 10.1 Å². The molecule has 0 heterocycles. The second kappa shape index (κ2) is 8.57.